The molecule has 1 amide bonds. The van der Waals surface area contributed by atoms with Crippen LogP contribution in [0, 0.1) is 0 Å². The largest absolute Gasteiger partial charge is 0.456 e. The zero-order valence-corrected chi connectivity index (χ0v) is 28.5. The van der Waals surface area contributed by atoms with Gasteiger partial charge in [0.1, 0.15) is 28.9 Å². The Bertz CT molecular complexity index is 2070. The van der Waals surface area contributed by atoms with E-state index in [1.165, 1.54) is 0 Å². The van der Waals surface area contributed by atoms with Crippen molar-refractivity contribution < 1.29 is 9.53 Å². The van der Waals surface area contributed by atoms with Crippen LogP contribution in [0.5, 0.6) is 11.5 Å². The van der Waals surface area contributed by atoms with E-state index in [4.69, 9.17) is 9.72 Å². The molecule has 246 valence electrons. The summed E-state index contributed by atoms with van der Waals surface area (Å²) in [4.78, 5) is 30.7. The molecule has 8 rings (SSSR count). The molecule has 7 heteroatoms. The van der Waals surface area contributed by atoms with Gasteiger partial charge in [0.25, 0.3) is 5.91 Å². The maximum atomic E-state index is 15.3. The molecular weight excluding hydrogens is 606 g/mol. The third kappa shape index (κ3) is 4.63. The molecule has 0 bridgehead atoms. The lowest BCUT2D eigenvalue weighted by Crippen LogP contribution is -2.49. The molecule has 5 aromatic carbocycles. The van der Waals surface area contributed by atoms with Crippen molar-refractivity contribution in [3.05, 3.63) is 149 Å². The van der Waals surface area contributed by atoms with Gasteiger partial charge in [-0.05, 0) is 69.2 Å². The van der Waals surface area contributed by atoms with E-state index in [9.17, 15) is 0 Å². The Kier molecular flexibility index (Phi) is 7.63. The second-order valence-corrected chi connectivity index (χ2v) is 12.7. The summed E-state index contributed by atoms with van der Waals surface area (Å²) in [5.41, 5.74) is 7.40. The van der Waals surface area contributed by atoms with Crippen molar-refractivity contribution in [1.29, 1.82) is 0 Å². The summed E-state index contributed by atoms with van der Waals surface area (Å²) in [6.45, 7) is 12.2. The second-order valence-electron chi connectivity index (χ2n) is 12.7. The van der Waals surface area contributed by atoms with Crippen LogP contribution in [0.15, 0.2) is 115 Å². The maximum Gasteiger partial charge on any atom is 0.256 e. The number of imidazole rings is 1. The first kappa shape index (κ1) is 30.8. The summed E-state index contributed by atoms with van der Waals surface area (Å²) in [5, 5.41) is 0. The average Bonchev–Trinajstić information content (AvgIpc) is 3.68. The molecule has 2 aliphatic heterocycles. The molecule has 1 atom stereocenters. The number of H-pyrrole nitrogens is 1. The second kappa shape index (κ2) is 12.2. The van der Waals surface area contributed by atoms with E-state index in [-0.39, 0.29) is 5.91 Å². The fourth-order valence-electron chi connectivity index (χ4n) is 8.05. The Labute approximate surface area is 287 Å². The van der Waals surface area contributed by atoms with Gasteiger partial charge in [0.05, 0.1) is 11.0 Å². The lowest BCUT2D eigenvalue weighted by Gasteiger charge is -2.47. The zero-order valence-electron chi connectivity index (χ0n) is 28.5. The van der Waals surface area contributed by atoms with E-state index in [1.54, 1.807) is 0 Å². The number of benzene rings is 5. The first-order valence-corrected chi connectivity index (χ1v) is 17.4. The highest BCUT2D eigenvalue weighted by Gasteiger charge is 2.59. The van der Waals surface area contributed by atoms with Crippen LogP contribution in [0.4, 0.5) is 11.4 Å². The summed E-state index contributed by atoms with van der Waals surface area (Å²) in [6, 6.07) is 38.8. The van der Waals surface area contributed by atoms with Gasteiger partial charge in [-0.25, -0.2) is 4.98 Å². The third-order valence-corrected chi connectivity index (χ3v) is 10.4. The van der Waals surface area contributed by atoms with Crippen LogP contribution in [0.25, 0.3) is 11.0 Å². The number of nitrogens with one attached hydrogen (secondary N) is 1. The van der Waals surface area contributed by atoms with Crippen LogP contribution in [-0.4, -0.2) is 47.0 Å². The molecule has 0 saturated carbocycles. The number of hydrogen-bond acceptors (Lipinski definition) is 5. The average molecular weight is 648 g/mol. The highest BCUT2D eigenvalue weighted by Crippen LogP contribution is 2.60. The minimum Gasteiger partial charge on any atom is -0.456 e. The Balaban J connectivity index is 1.47. The number of carbonyl (C=O) groups is 1. The van der Waals surface area contributed by atoms with E-state index < -0.39 is 11.6 Å². The van der Waals surface area contributed by atoms with E-state index in [0.717, 1.165) is 82.3 Å². The van der Waals surface area contributed by atoms with Crippen molar-refractivity contribution in [2.45, 2.75) is 39.3 Å². The normalized spacial score (nSPS) is 14.7. The van der Waals surface area contributed by atoms with Gasteiger partial charge in [0.2, 0.25) is 0 Å². The van der Waals surface area contributed by atoms with E-state index in [2.05, 4.69) is 102 Å². The molecule has 7 nitrogen and oxygen atoms in total. The van der Waals surface area contributed by atoms with Crippen LogP contribution in [0.2, 0.25) is 0 Å². The number of aromatic amines is 1. The molecule has 1 spiro atoms. The monoisotopic (exact) mass is 647 g/mol. The number of para-hydroxylation sites is 2. The highest BCUT2D eigenvalue weighted by atomic mass is 16.5. The quantitative estimate of drug-likeness (QED) is 0.170. The van der Waals surface area contributed by atoms with Crippen LogP contribution >= 0.6 is 0 Å². The molecule has 0 radical (unpaired) electrons. The molecule has 0 aliphatic carbocycles. The topological polar surface area (TPSA) is 64.7 Å². The van der Waals surface area contributed by atoms with E-state index in [1.807, 2.05) is 60.7 Å². The van der Waals surface area contributed by atoms with Gasteiger partial charge in [-0.3, -0.25) is 4.79 Å². The molecule has 1 aromatic heterocycles. The van der Waals surface area contributed by atoms with E-state index in [0.29, 0.717) is 11.4 Å². The Morgan fingerprint density at radius 2 is 1.27 bits per heavy atom. The summed E-state index contributed by atoms with van der Waals surface area (Å²) in [7, 11) is 0. The number of ether oxygens (including phenoxy) is 1. The summed E-state index contributed by atoms with van der Waals surface area (Å²) in [6.07, 6.45) is 0. The fraction of sp³-hybridized carbons (Fsp3) is 0.238. The van der Waals surface area contributed by atoms with Crippen molar-refractivity contribution in [1.82, 2.24) is 14.9 Å². The minimum absolute atomic E-state index is 0.0515. The summed E-state index contributed by atoms with van der Waals surface area (Å²) >= 11 is 0. The molecule has 0 unspecified atom stereocenters. The Morgan fingerprint density at radius 1 is 0.694 bits per heavy atom. The number of anilines is 2. The van der Waals surface area contributed by atoms with Gasteiger partial charge in [0, 0.05) is 66.4 Å². The maximum absolute atomic E-state index is 15.3. The standard InChI is InChI=1S/C42H41N5O2/c1-5-45(6-2)29-22-24-33-37(26-29)49-38-27-30(46(7-3)8-4)23-25-34(38)42(33)32-19-13-12-18-31(32)41(48)47(42)39(28-16-10-9-11-17-28)40-43-35-20-14-15-21-36(35)44-40/h9-27,39H,5-8H2,1-4H3,(H,43,44)/t39-/m0/s1. The number of rotatable bonds is 9. The zero-order chi connectivity index (χ0) is 33.7. The summed E-state index contributed by atoms with van der Waals surface area (Å²) in [5.74, 6) is 2.16. The smallest absolute Gasteiger partial charge is 0.256 e. The molecule has 0 saturated heterocycles. The van der Waals surface area contributed by atoms with Gasteiger partial charge in [-0.1, -0.05) is 72.8 Å². The highest BCUT2D eigenvalue weighted by molar-refractivity contribution is 6.03. The van der Waals surface area contributed by atoms with Crippen LogP contribution < -0.4 is 14.5 Å². The van der Waals surface area contributed by atoms with E-state index >= 15 is 4.79 Å². The van der Waals surface area contributed by atoms with Crippen molar-refractivity contribution in [3.63, 3.8) is 0 Å². The molecule has 49 heavy (non-hydrogen) atoms. The predicted octanol–water partition coefficient (Wildman–Crippen LogP) is 8.90. The molecule has 1 N–H and O–H groups in total. The lowest BCUT2D eigenvalue weighted by atomic mass is 9.73. The van der Waals surface area contributed by atoms with Crippen molar-refractivity contribution >= 4 is 28.3 Å². The first-order valence-electron chi connectivity index (χ1n) is 17.4. The number of amides is 1. The lowest BCUT2D eigenvalue weighted by molar-refractivity contribution is 0.0577. The van der Waals surface area contributed by atoms with Crippen LogP contribution in [0.3, 0.4) is 0 Å². The minimum atomic E-state index is -1.01. The number of hydrogen-bond donors (Lipinski definition) is 1. The Morgan fingerprint density at radius 3 is 1.88 bits per heavy atom. The molecule has 0 fully saturated rings. The molecule has 3 heterocycles. The molecule has 2 aliphatic rings. The fourth-order valence-corrected chi connectivity index (χ4v) is 8.05. The number of fused-ring (bicyclic) bond motifs is 7. The SMILES string of the molecule is CCN(CC)c1ccc2c(c1)Oc1cc(N(CC)CC)ccc1C21c2ccccc2C(=O)N1[C@@H](c1ccccc1)c1nc2ccccc2[nH]1. The Hall–Kier alpha value is -5.56. The number of nitrogens with zero attached hydrogens (tertiary/aromatic N) is 4. The number of aromatic nitrogens is 2. The van der Waals surface area contributed by atoms with Gasteiger partial charge in [-0.15, -0.1) is 0 Å². The van der Waals surface area contributed by atoms with Crippen LogP contribution in [-0.2, 0) is 5.54 Å². The summed E-state index contributed by atoms with van der Waals surface area (Å²) < 4.78 is 6.95. The van der Waals surface area contributed by atoms with Gasteiger partial charge in [0.15, 0.2) is 0 Å². The van der Waals surface area contributed by atoms with Crippen LogP contribution in [0.1, 0.15) is 72.2 Å². The van der Waals surface area contributed by atoms with Crippen molar-refractivity contribution in [2.24, 2.45) is 0 Å². The molecular formula is C42H41N5O2. The predicted molar refractivity (Wildman–Crippen MR) is 197 cm³/mol. The third-order valence-electron chi connectivity index (χ3n) is 10.4. The number of carbonyl (C=O) groups excluding carboxylic acids is 1. The first-order chi connectivity index (χ1) is 24.0. The molecule has 6 aromatic rings. The van der Waals surface area contributed by atoms with Gasteiger partial charge >= 0.3 is 0 Å². The van der Waals surface area contributed by atoms with Crippen molar-refractivity contribution in [2.75, 3.05) is 36.0 Å². The van der Waals surface area contributed by atoms with Crippen molar-refractivity contribution in [3.8, 4) is 11.5 Å². The van der Waals surface area contributed by atoms with Gasteiger partial charge < -0.3 is 24.4 Å². The van der Waals surface area contributed by atoms with Gasteiger partial charge in [-0.2, -0.15) is 0 Å².